The molecule has 0 fully saturated rings. The lowest BCUT2D eigenvalue weighted by Crippen LogP contribution is -2.09. The molecule has 1 nitrogen and oxygen atoms in total. The molecule has 0 aromatic heterocycles. The molecule has 0 saturated carbocycles. The van der Waals surface area contributed by atoms with Gasteiger partial charge in [0.25, 0.3) is 0 Å². The van der Waals surface area contributed by atoms with Crippen molar-refractivity contribution >= 4 is 5.78 Å². The van der Waals surface area contributed by atoms with Gasteiger partial charge in [-0.25, -0.2) is 4.39 Å². The second kappa shape index (κ2) is 5.45. The summed E-state index contributed by atoms with van der Waals surface area (Å²) in [5.74, 6) is -1.23. The predicted octanol–water partition coefficient (Wildman–Crippen LogP) is 4.27. The molecular formula is C15H10F4O. The molecule has 2 aromatic carbocycles. The van der Waals surface area contributed by atoms with Crippen molar-refractivity contribution < 1.29 is 22.4 Å². The first kappa shape index (κ1) is 14.2. The second-order valence-corrected chi connectivity index (χ2v) is 4.28. The van der Waals surface area contributed by atoms with Gasteiger partial charge in [-0.1, -0.05) is 30.3 Å². The second-order valence-electron chi connectivity index (χ2n) is 4.28. The van der Waals surface area contributed by atoms with Gasteiger partial charge in [-0.2, -0.15) is 13.2 Å². The molecule has 2 aromatic rings. The van der Waals surface area contributed by atoms with E-state index >= 15 is 0 Å². The first-order chi connectivity index (χ1) is 9.38. The Morgan fingerprint density at radius 2 is 1.70 bits per heavy atom. The van der Waals surface area contributed by atoms with E-state index in [9.17, 15) is 22.4 Å². The van der Waals surface area contributed by atoms with Crippen LogP contribution in [0.25, 0.3) is 0 Å². The van der Waals surface area contributed by atoms with Crippen LogP contribution >= 0.6 is 0 Å². The fraction of sp³-hybridized carbons (Fsp3) is 0.133. The summed E-state index contributed by atoms with van der Waals surface area (Å²) >= 11 is 0. The third-order valence-electron chi connectivity index (χ3n) is 2.79. The fourth-order valence-corrected chi connectivity index (χ4v) is 1.83. The van der Waals surface area contributed by atoms with Gasteiger partial charge in [0, 0.05) is 6.42 Å². The lowest BCUT2D eigenvalue weighted by Gasteiger charge is -2.08. The number of alkyl halides is 3. The predicted molar refractivity (Wildman–Crippen MR) is 65.9 cm³/mol. The van der Waals surface area contributed by atoms with Crippen molar-refractivity contribution in [2.45, 2.75) is 12.6 Å². The molecule has 0 unspecified atom stereocenters. The highest BCUT2D eigenvalue weighted by atomic mass is 19.4. The Morgan fingerprint density at radius 3 is 2.35 bits per heavy atom. The summed E-state index contributed by atoms with van der Waals surface area (Å²) in [4.78, 5) is 11.9. The molecule has 0 atom stereocenters. The van der Waals surface area contributed by atoms with Crippen LogP contribution in [0.15, 0.2) is 48.5 Å². The van der Waals surface area contributed by atoms with E-state index in [1.807, 2.05) is 0 Å². The Kier molecular flexibility index (Phi) is 3.88. The standard InChI is InChI=1S/C15H10F4O/c16-13-7-2-1-6-12(13)14(20)9-10-4-3-5-11(8-10)15(17,18)19/h1-8H,9H2. The molecule has 0 aliphatic heterocycles. The van der Waals surface area contributed by atoms with E-state index in [0.29, 0.717) is 0 Å². The lowest BCUT2D eigenvalue weighted by molar-refractivity contribution is -0.137. The average Bonchev–Trinajstić information content (AvgIpc) is 2.38. The SMILES string of the molecule is O=C(Cc1cccc(C(F)(F)F)c1)c1ccccc1F. The number of hydrogen-bond donors (Lipinski definition) is 0. The topological polar surface area (TPSA) is 17.1 Å². The summed E-state index contributed by atoms with van der Waals surface area (Å²) < 4.78 is 51.1. The minimum absolute atomic E-state index is 0.120. The van der Waals surface area contributed by atoms with Crippen LogP contribution in [-0.4, -0.2) is 5.78 Å². The number of benzene rings is 2. The highest BCUT2D eigenvalue weighted by Gasteiger charge is 2.30. The highest BCUT2D eigenvalue weighted by molar-refractivity contribution is 5.97. The zero-order chi connectivity index (χ0) is 14.8. The third kappa shape index (κ3) is 3.23. The summed E-state index contributed by atoms with van der Waals surface area (Å²) in [6.45, 7) is 0. The largest absolute Gasteiger partial charge is 0.416 e. The van der Waals surface area contributed by atoms with Crippen LogP contribution in [0.5, 0.6) is 0 Å². The molecule has 0 amide bonds. The highest BCUT2D eigenvalue weighted by Crippen LogP contribution is 2.29. The number of halogens is 4. The molecule has 0 aliphatic carbocycles. The van der Waals surface area contributed by atoms with Crippen molar-refractivity contribution in [3.8, 4) is 0 Å². The van der Waals surface area contributed by atoms with E-state index in [2.05, 4.69) is 0 Å². The van der Waals surface area contributed by atoms with E-state index in [0.717, 1.165) is 18.2 Å². The first-order valence-electron chi connectivity index (χ1n) is 5.82. The summed E-state index contributed by atoms with van der Waals surface area (Å²) in [5, 5.41) is 0. The fourth-order valence-electron chi connectivity index (χ4n) is 1.83. The van der Waals surface area contributed by atoms with Crippen molar-refractivity contribution in [3.05, 3.63) is 71.0 Å². The zero-order valence-electron chi connectivity index (χ0n) is 10.2. The molecule has 0 spiro atoms. The van der Waals surface area contributed by atoms with Gasteiger partial charge in [0.2, 0.25) is 0 Å². The Balaban J connectivity index is 2.23. The Labute approximate surface area is 112 Å². The number of hydrogen-bond acceptors (Lipinski definition) is 1. The van der Waals surface area contributed by atoms with Crippen LogP contribution in [0.4, 0.5) is 17.6 Å². The number of rotatable bonds is 3. The van der Waals surface area contributed by atoms with Crippen LogP contribution in [-0.2, 0) is 12.6 Å². The molecule has 0 saturated heterocycles. The molecule has 0 heterocycles. The summed E-state index contributed by atoms with van der Waals surface area (Å²) in [7, 11) is 0. The molecule has 0 N–H and O–H groups in total. The van der Waals surface area contributed by atoms with Crippen molar-refractivity contribution in [2.75, 3.05) is 0 Å². The van der Waals surface area contributed by atoms with Gasteiger partial charge in [-0.05, 0) is 23.8 Å². The average molecular weight is 282 g/mol. The van der Waals surface area contributed by atoms with Gasteiger partial charge in [0.1, 0.15) is 5.82 Å². The van der Waals surface area contributed by atoms with Crippen LogP contribution in [0.3, 0.4) is 0 Å². The zero-order valence-corrected chi connectivity index (χ0v) is 10.2. The minimum atomic E-state index is -4.46. The van der Waals surface area contributed by atoms with Crippen molar-refractivity contribution in [1.29, 1.82) is 0 Å². The number of carbonyl (C=O) groups is 1. The number of Topliss-reactive ketones (excluding diaryl/α,β-unsaturated/α-hetero) is 1. The molecule has 104 valence electrons. The van der Waals surface area contributed by atoms with Gasteiger partial charge >= 0.3 is 6.18 Å². The van der Waals surface area contributed by atoms with E-state index in [1.165, 1.54) is 30.3 Å². The van der Waals surface area contributed by atoms with Crippen LogP contribution in [0.1, 0.15) is 21.5 Å². The molecule has 5 heteroatoms. The Hall–Kier alpha value is -2.17. The maximum Gasteiger partial charge on any atom is 0.416 e. The smallest absolute Gasteiger partial charge is 0.294 e. The number of ketones is 1. The van der Waals surface area contributed by atoms with Gasteiger partial charge in [0.05, 0.1) is 11.1 Å². The molecule has 2 rings (SSSR count). The van der Waals surface area contributed by atoms with E-state index in [4.69, 9.17) is 0 Å². The molecule has 0 aliphatic rings. The first-order valence-corrected chi connectivity index (χ1v) is 5.82. The molecule has 0 radical (unpaired) electrons. The van der Waals surface area contributed by atoms with E-state index in [-0.39, 0.29) is 17.5 Å². The maximum atomic E-state index is 13.4. The maximum absolute atomic E-state index is 13.4. The normalized spacial score (nSPS) is 11.4. The third-order valence-corrected chi connectivity index (χ3v) is 2.79. The quantitative estimate of drug-likeness (QED) is 0.607. The minimum Gasteiger partial charge on any atom is -0.294 e. The molecular weight excluding hydrogens is 272 g/mol. The molecule has 20 heavy (non-hydrogen) atoms. The summed E-state index contributed by atoms with van der Waals surface area (Å²) in [6.07, 6.45) is -4.73. The van der Waals surface area contributed by atoms with Crippen LogP contribution < -0.4 is 0 Å². The molecule has 0 bridgehead atoms. The van der Waals surface area contributed by atoms with Crippen LogP contribution in [0.2, 0.25) is 0 Å². The summed E-state index contributed by atoms with van der Waals surface area (Å²) in [5.41, 5.74) is -0.741. The van der Waals surface area contributed by atoms with E-state index in [1.54, 1.807) is 0 Å². The number of carbonyl (C=O) groups excluding carboxylic acids is 1. The van der Waals surface area contributed by atoms with Crippen LogP contribution in [0, 0.1) is 5.82 Å². The van der Waals surface area contributed by atoms with Gasteiger partial charge in [-0.3, -0.25) is 4.79 Å². The van der Waals surface area contributed by atoms with Gasteiger partial charge < -0.3 is 0 Å². The van der Waals surface area contributed by atoms with Crippen molar-refractivity contribution in [3.63, 3.8) is 0 Å². The monoisotopic (exact) mass is 282 g/mol. The Morgan fingerprint density at radius 1 is 1.00 bits per heavy atom. The van der Waals surface area contributed by atoms with Gasteiger partial charge in [0.15, 0.2) is 5.78 Å². The summed E-state index contributed by atoms with van der Waals surface area (Å²) in [6, 6.07) is 9.86. The van der Waals surface area contributed by atoms with E-state index < -0.39 is 23.3 Å². The Bertz CT molecular complexity index is 632. The van der Waals surface area contributed by atoms with Gasteiger partial charge in [-0.15, -0.1) is 0 Å². The van der Waals surface area contributed by atoms with Crippen molar-refractivity contribution in [2.24, 2.45) is 0 Å². The van der Waals surface area contributed by atoms with Crippen molar-refractivity contribution in [1.82, 2.24) is 0 Å². The lowest BCUT2D eigenvalue weighted by atomic mass is 10.0.